The van der Waals surface area contributed by atoms with Crippen molar-refractivity contribution < 1.29 is 0 Å². The Labute approximate surface area is 66.6 Å². The topological polar surface area (TPSA) is 24.1 Å². The van der Waals surface area contributed by atoms with Crippen molar-refractivity contribution in [2.45, 2.75) is 12.5 Å². The van der Waals surface area contributed by atoms with Gasteiger partial charge in [0.05, 0.1) is 0 Å². The Bertz CT molecular complexity index is 119. The standard InChI is InChI=1S/C7H13ClN2/c1-6(8)4-10-7-2-3-9-5-7/h7,9-10H,1-5H2. The maximum absolute atomic E-state index is 5.58. The van der Waals surface area contributed by atoms with E-state index in [4.69, 9.17) is 11.6 Å². The van der Waals surface area contributed by atoms with Gasteiger partial charge < -0.3 is 10.6 Å². The largest absolute Gasteiger partial charge is 0.315 e. The van der Waals surface area contributed by atoms with Crippen LogP contribution in [0.15, 0.2) is 11.6 Å². The predicted octanol–water partition coefficient (Wildman–Crippen LogP) is 0.690. The smallest absolute Gasteiger partial charge is 0.0310 e. The molecule has 1 saturated heterocycles. The molecule has 0 aromatic heterocycles. The van der Waals surface area contributed by atoms with Gasteiger partial charge in [-0.3, -0.25) is 0 Å². The number of hydrogen-bond acceptors (Lipinski definition) is 2. The van der Waals surface area contributed by atoms with E-state index in [2.05, 4.69) is 17.2 Å². The molecule has 0 aliphatic carbocycles. The van der Waals surface area contributed by atoms with Gasteiger partial charge in [-0.1, -0.05) is 18.2 Å². The summed E-state index contributed by atoms with van der Waals surface area (Å²) in [5.41, 5.74) is 0. The van der Waals surface area contributed by atoms with E-state index in [1.165, 1.54) is 6.42 Å². The molecule has 1 aliphatic heterocycles. The molecular formula is C7H13ClN2. The lowest BCUT2D eigenvalue weighted by molar-refractivity contribution is 0.581. The molecule has 58 valence electrons. The summed E-state index contributed by atoms with van der Waals surface area (Å²) in [6, 6.07) is 0.593. The van der Waals surface area contributed by atoms with Gasteiger partial charge in [0, 0.05) is 24.2 Å². The summed E-state index contributed by atoms with van der Waals surface area (Å²) in [5.74, 6) is 0. The molecule has 2 N–H and O–H groups in total. The van der Waals surface area contributed by atoms with Crippen LogP contribution >= 0.6 is 11.6 Å². The van der Waals surface area contributed by atoms with Crippen LogP contribution in [-0.4, -0.2) is 25.7 Å². The van der Waals surface area contributed by atoms with E-state index in [1.54, 1.807) is 0 Å². The number of halogens is 1. The minimum Gasteiger partial charge on any atom is -0.315 e. The average Bonchev–Trinajstić information content (AvgIpc) is 2.34. The molecular weight excluding hydrogens is 148 g/mol. The molecule has 0 aromatic carbocycles. The molecule has 0 radical (unpaired) electrons. The third-order valence-corrected chi connectivity index (χ3v) is 1.78. The highest BCUT2D eigenvalue weighted by Crippen LogP contribution is 1.99. The Hall–Kier alpha value is -0.0500. The molecule has 1 fully saturated rings. The van der Waals surface area contributed by atoms with Crippen LogP contribution in [0.1, 0.15) is 6.42 Å². The van der Waals surface area contributed by atoms with E-state index in [0.717, 1.165) is 19.6 Å². The highest BCUT2D eigenvalue weighted by molar-refractivity contribution is 6.29. The molecule has 0 amide bonds. The summed E-state index contributed by atoms with van der Waals surface area (Å²) in [4.78, 5) is 0. The Balaban J connectivity index is 2.07. The highest BCUT2D eigenvalue weighted by Gasteiger charge is 2.12. The van der Waals surface area contributed by atoms with Gasteiger partial charge in [-0.25, -0.2) is 0 Å². The van der Waals surface area contributed by atoms with E-state index in [-0.39, 0.29) is 0 Å². The van der Waals surface area contributed by atoms with Crippen molar-refractivity contribution in [3.63, 3.8) is 0 Å². The van der Waals surface area contributed by atoms with Gasteiger partial charge in [0.2, 0.25) is 0 Å². The fourth-order valence-corrected chi connectivity index (χ4v) is 1.16. The first-order valence-electron chi connectivity index (χ1n) is 3.56. The van der Waals surface area contributed by atoms with E-state index in [0.29, 0.717) is 11.1 Å². The zero-order chi connectivity index (χ0) is 7.40. The molecule has 3 heteroatoms. The fourth-order valence-electron chi connectivity index (χ4n) is 1.08. The summed E-state index contributed by atoms with van der Waals surface area (Å²) in [5, 5.41) is 7.23. The van der Waals surface area contributed by atoms with Gasteiger partial charge in [0.1, 0.15) is 0 Å². The zero-order valence-corrected chi connectivity index (χ0v) is 6.75. The zero-order valence-electron chi connectivity index (χ0n) is 5.99. The first-order chi connectivity index (χ1) is 4.79. The molecule has 0 spiro atoms. The van der Waals surface area contributed by atoms with E-state index in [9.17, 15) is 0 Å². The minimum absolute atomic E-state index is 0.593. The molecule has 1 heterocycles. The normalized spacial score (nSPS) is 25.1. The summed E-state index contributed by atoms with van der Waals surface area (Å²) < 4.78 is 0. The van der Waals surface area contributed by atoms with Crippen LogP contribution in [0.25, 0.3) is 0 Å². The van der Waals surface area contributed by atoms with Crippen molar-refractivity contribution in [3.05, 3.63) is 11.6 Å². The Morgan fingerprint density at radius 2 is 2.60 bits per heavy atom. The third kappa shape index (κ3) is 2.69. The van der Waals surface area contributed by atoms with Crippen LogP contribution in [0.4, 0.5) is 0 Å². The van der Waals surface area contributed by atoms with Gasteiger partial charge in [0.15, 0.2) is 0 Å². The van der Waals surface area contributed by atoms with Crippen LogP contribution in [0.2, 0.25) is 0 Å². The maximum Gasteiger partial charge on any atom is 0.0310 e. The van der Waals surface area contributed by atoms with E-state index < -0.39 is 0 Å². The fraction of sp³-hybridized carbons (Fsp3) is 0.714. The Kier molecular flexibility index (Phi) is 3.19. The predicted molar refractivity (Wildman–Crippen MR) is 44.3 cm³/mol. The molecule has 1 aliphatic rings. The second-order valence-electron chi connectivity index (χ2n) is 2.59. The second kappa shape index (κ2) is 3.96. The van der Waals surface area contributed by atoms with Gasteiger partial charge in [0.25, 0.3) is 0 Å². The molecule has 0 bridgehead atoms. The number of nitrogens with one attached hydrogen (secondary N) is 2. The lowest BCUT2D eigenvalue weighted by Gasteiger charge is -2.08. The van der Waals surface area contributed by atoms with Gasteiger partial charge >= 0.3 is 0 Å². The Morgan fingerprint density at radius 1 is 1.80 bits per heavy atom. The lowest BCUT2D eigenvalue weighted by atomic mass is 10.2. The van der Waals surface area contributed by atoms with Gasteiger partial charge in [-0.2, -0.15) is 0 Å². The average molecular weight is 161 g/mol. The van der Waals surface area contributed by atoms with Crippen LogP contribution in [0, 0.1) is 0 Å². The van der Waals surface area contributed by atoms with Gasteiger partial charge in [-0.05, 0) is 13.0 Å². The third-order valence-electron chi connectivity index (χ3n) is 1.64. The molecule has 2 nitrogen and oxygen atoms in total. The molecule has 0 saturated carbocycles. The quantitative estimate of drug-likeness (QED) is 0.635. The van der Waals surface area contributed by atoms with Crippen molar-refractivity contribution in [1.82, 2.24) is 10.6 Å². The van der Waals surface area contributed by atoms with Crippen LogP contribution < -0.4 is 10.6 Å². The molecule has 1 atom stereocenters. The van der Waals surface area contributed by atoms with Crippen molar-refractivity contribution in [2.75, 3.05) is 19.6 Å². The van der Waals surface area contributed by atoms with Crippen molar-refractivity contribution in [2.24, 2.45) is 0 Å². The monoisotopic (exact) mass is 160 g/mol. The molecule has 10 heavy (non-hydrogen) atoms. The highest BCUT2D eigenvalue weighted by atomic mass is 35.5. The van der Waals surface area contributed by atoms with E-state index >= 15 is 0 Å². The molecule has 0 aromatic rings. The van der Waals surface area contributed by atoms with Crippen LogP contribution in [-0.2, 0) is 0 Å². The minimum atomic E-state index is 0.593. The summed E-state index contributed by atoms with van der Waals surface area (Å²) >= 11 is 5.58. The van der Waals surface area contributed by atoms with Crippen molar-refractivity contribution in [3.8, 4) is 0 Å². The van der Waals surface area contributed by atoms with Gasteiger partial charge in [-0.15, -0.1) is 0 Å². The lowest BCUT2D eigenvalue weighted by Crippen LogP contribution is -2.31. The van der Waals surface area contributed by atoms with Crippen LogP contribution in [0.3, 0.4) is 0 Å². The summed E-state index contributed by atoms with van der Waals surface area (Å²) in [6.07, 6.45) is 1.20. The molecule has 1 unspecified atom stereocenters. The van der Waals surface area contributed by atoms with Crippen LogP contribution in [0.5, 0.6) is 0 Å². The van der Waals surface area contributed by atoms with Crippen molar-refractivity contribution >= 4 is 11.6 Å². The summed E-state index contributed by atoms with van der Waals surface area (Å²) in [7, 11) is 0. The second-order valence-corrected chi connectivity index (χ2v) is 3.12. The maximum atomic E-state index is 5.58. The first-order valence-corrected chi connectivity index (χ1v) is 3.94. The number of hydrogen-bond donors (Lipinski definition) is 2. The summed E-state index contributed by atoms with van der Waals surface area (Å²) in [6.45, 7) is 6.51. The Morgan fingerprint density at radius 3 is 3.10 bits per heavy atom. The SMILES string of the molecule is C=C(Cl)CNC1CCNC1. The molecule has 1 rings (SSSR count). The van der Waals surface area contributed by atoms with Crippen molar-refractivity contribution in [1.29, 1.82) is 0 Å². The number of rotatable bonds is 3. The first kappa shape index (κ1) is 8.05. The van der Waals surface area contributed by atoms with E-state index in [1.807, 2.05) is 0 Å².